The van der Waals surface area contributed by atoms with Crippen LogP contribution >= 0.6 is 34.9 Å². The van der Waals surface area contributed by atoms with Gasteiger partial charge in [-0.2, -0.15) is 0 Å². The summed E-state index contributed by atoms with van der Waals surface area (Å²) in [5.74, 6) is 0. The minimum absolute atomic E-state index is 0.957. The lowest BCUT2D eigenvalue weighted by molar-refractivity contribution is 1.47. The second kappa shape index (κ2) is 10.3. The molecule has 0 unspecified atom stereocenters. The molecule has 142 valence electrons. The summed E-state index contributed by atoms with van der Waals surface area (Å²) in [7, 11) is 0. The molecule has 0 aliphatic rings. The monoisotopic (exact) mass is 429 g/mol. The number of nitrogens with zero attached hydrogens (tertiary/aromatic N) is 1. The van der Waals surface area contributed by atoms with Crippen molar-refractivity contribution >= 4 is 51.2 Å². The van der Waals surface area contributed by atoms with Crippen LogP contribution in [0.3, 0.4) is 0 Å². The first kappa shape index (κ1) is 19.8. The summed E-state index contributed by atoms with van der Waals surface area (Å²) >= 11 is 5.17. The third-order valence-corrected chi connectivity index (χ3v) is 6.83. The van der Waals surface area contributed by atoms with E-state index in [-0.39, 0.29) is 0 Å². The second-order valence-corrected chi connectivity index (χ2v) is 9.06. The van der Waals surface area contributed by atoms with E-state index < -0.39 is 0 Å². The Bertz CT molecular complexity index is 1070. The molecule has 0 radical (unpaired) electrons. The molecule has 1 heterocycles. The summed E-state index contributed by atoms with van der Waals surface area (Å²) in [5.41, 5.74) is 2.10. The maximum atomic E-state index is 5.03. The van der Waals surface area contributed by atoms with Gasteiger partial charge in [0.1, 0.15) is 5.04 Å². The summed E-state index contributed by atoms with van der Waals surface area (Å²) in [6.45, 7) is 0. The number of hydrogen-bond donors (Lipinski definition) is 0. The largest absolute Gasteiger partial charge is 0.241 e. The van der Waals surface area contributed by atoms with Gasteiger partial charge in [0.15, 0.2) is 0 Å². The van der Waals surface area contributed by atoms with Crippen LogP contribution in [0.15, 0.2) is 129 Å². The number of thiophene rings is 1. The number of rotatable bonds is 6. The highest BCUT2D eigenvalue weighted by atomic mass is 32.2. The lowest BCUT2D eigenvalue weighted by Crippen LogP contribution is -1.96. The van der Waals surface area contributed by atoms with Gasteiger partial charge in [0, 0.05) is 20.2 Å². The zero-order valence-electron chi connectivity index (χ0n) is 15.6. The lowest BCUT2D eigenvalue weighted by atomic mass is 10.2. The Morgan fingerprint density at radius 2 is 1.31 bits per heavy atom. The standard InChI is InChI=1S/C25H19NS3/c1-4-11-20(12-5-1)26-25(29-22-15-8-3-9-16-22)23(24-17-10-18-27-24)19-28-21-13-6-2-7-14-21/h1-19H. The zero-order chi connectivity index (χ0) is 19.7. The molecule has 0 atom stereocenters. The molecule has 4 rings (SSSR count). The predicted molar refractivity (Wildman–Crippen MR) is 130 cm³/mol. The molecule has 4 aromatic rings. The van der Waals surface area contributed by atoms with E-state index >= 15 is 0 Å². The van der Waals surface area contributed by atoms with Gasteiger partial charge in [-0.25, -0.2) is 4.99 Å². The van der Waals surface area contributed by atoms with Gasteiger partial charge < -0.3 is 0 Å². The fraction of sp³-hybridized carbons (Fsp3) is 0. The number of hydrogen-bond acceptors (Lipinski definition) is 4. The van der Waals surface area contributed by atoms with Gasteiger partial charge in [0.25, 0.3) is 0 Å². The molecule has 3 aromatic carbocycles. The number of aliphatic imine (C=N–C) groups is 1. The van der Waals surface area contributed by atoms with Crippen LogP contribution in [0.4, 0.5) is 5.69 Å². The van der Waals surface area contributed by atoms with Gasteiger partial charge >= 0.3 is 0 Å². The van der Waals surface area contributed by atoms with Crippen molar-refractivity contribution in [2.75, 3.05) is 0 Å². The van der Waals surface area contributed by atoms with E-state index in [9.17, 15) is 0 Å². The first-order chi connectivity index (χ1) is 14.4. The van der Waals surface area contributed by atoms with Crippen LogP contribution in [-0.4, -0.2) is 5.04 Å². The van der Waals surface area contributed by atoms with Crippen molar-refractivity contribution in [2.24, 2.45) is 4.99 Å². The Morgan fingerprint density at radius 1 is 0.690 bits per heavy atom. The van der Waals surface area contributed by atoms with Crippen LogP contribution in [0.2, 0.25) is 0 Å². The highest BCUT2D eigenvalue weighted by Gasteiger charge is 2.14. The molecule has 0 aliphatic carbocycles. The van der Waals surface area contributed by atoms with E-state index in [1.165, 1.54) is 14.7 Å². The van der Waals surface area contributed by atoms with E-state index in [0.29, 0.717) is 0 Å². The highest BCUT2D eigenvalue weighted by Crippen LogP contribution is 2.35. The predicted octanol–water partition coefficient (Wildman–Crippen LogP) is 8.40. The van der Waals surface area contributed by atoms with Gasteiger partial charge in [-0.3, -0.25) is 0 Å². The fourth-order valence-corrected chi connectivity index (χ4v) is 5.34. The van der Waals surface area contributed by atoms with Crippen LogP contribution in [0.25, 0.3) is 5.57 Å². The smallest absolute Gasteiger partial charge is 0.111 e. The number of thioether (sulfide) groups is 2. The first-order valence-corrected chi connectivity index (χ1v) is 11.8. The molecule has 0 aliphatic heterocycles. The van der Waals surface area contributed by atoms with Crippen molar-refractivity contribution in [3.05, 3.63) is 119 Å². The normalized spacial score (nSPS) is 12.1. The Kier molecular flexibility index (Phi) is 7.03. The van der Waals surface area contributed by atoms with E-state index in [1.807, 2.05) is 42.5 Å². The van der Waals surface area contributed by atoms with Gasteiger partial charge in [0.2, 0.25) is 0 Å². The Labute approximate surface area is 184 Å². The van der Waals surface area contributed by atoms with Crippen molar-refractivity contribution in [2.45, 2.75) is 9.79 Å². The minimum atomic E-state index is 0.957. The summed E-state index contributed by atoms with van der Waals surface area (Å²) in [5, 5.41) is 5.33. The Morgan fingerprint density at radius 3 is 1.93 bits per heavy atom. The lowest BCUT2D eigenvalue weighted by Gasteiger charge is -2.11. The third kappa shape index (κ3) is 5.73. The highest BCUT2D eigenvalue weighted by molar-refractivity contribution is 8.15. The van der Waals surface area contributed by atoms with Crippen LogP contribution in [0.1, 0.15) is 4.88 Å². The molecule has 0 spiro atoms. The summed E-state index contributed by atoms with van der Waals surface area (Å²) in [4.78, 5) is 8.63. The minimum Gasteiger partial charge on any atom is -0.241 e. The Hall–Kier alpha value is -2.53. The van der Waals surface area contributed by atoms with E-state index in [0.717, 1.165) is 16.3 Å². The SMILES string of the molecule is C(Sc1ccccc1)=C(C(=Nc1ccccc1)Sc1ccccc1)c1cccs1. The summed E-state index contributed by atoms with van der Waals surface area (Å²) in [6, 6.07) is 35.3. The molecule has 4 heteroatoms. The van der Waals surface area contributed by atoms with Crippen molar-refractivity contribution in [3.63, 3.8) is 0 Å². The molecule has 1 nitrogen and oxygen atoms in total. The summed E-state index contributed by atoms with van der Waals surface area (Å²) in [6.07, 6.45) is 0. The summed E-state index contributed by atoms with van der Waals surface area (Å²) < 4.78 is 0. The van der Waals surface area contributed by atoms with Gasteiger partial charge in [-0.15, -0.1) is 11.3 Å². The van der Waals surface area contributed by atoms with Crippen LogP contribution in [0.5, 0.6) is 0 Å². The first-order valence-electron chi connectivity index (χ1n) is 9.21. The molecule has 0 saturated heterocycles. The maximum absolute atomic E-state index is 5.03. The van der Waals surface area contributed by atoms with Crippen molar-refractivity contribution in [1.29, 1.82) is 0 Å². The topological polar surface area (TPSA) is 12.4 Å². The average molecular weight is 430 g/mol. The quantitative estimate of drug-likeness (QED) is 0.173. The molecular formula is C25H19NS3. The van der Waals surface area contributed by atoms with Crippen molar-refractivity contribution < 1.29 is 0 Å². The fourth-order valence-electron chi connectivity index (χ4n) is 2.63. The van der Waals surface area contributed by atoms with Crippen LogP contribution < -0.4 is 0 Å². The van der Waals surface area contributed by atoms with Gasteiger partial charge in [-0.05, 0) is 53.3 Å². The molecule has 0 saturated carbocycles. The molecule has 0 amide bonds. The third-order valence-electron chi connectivity index (χ3n) is 4.02. The van der Waals surface area contributed by atoms with Crippen LogP contribution in [-0.2, 0) is 0 Å². The van der Waals surface area contributed by atoms with Crippen molar-refractivity contribution in [1.82, 2.24) is 0 Å². The molecule has 0 bridgehead atoms. The Balaban J connectivity index is 1.76. The second-order valence-electron chi connectivity index (χ2n) is 6.11. The van der Waals surface area contributed by atoms with Crippen LogP contribution in [0, 0.1) is 0 Å². The zero-order valence-corrected chi connectivity index (χ0v) is 18.1. The molecule has 1 aromatic heterocycles. The van der Waals surface area contributed by atoms with E-state index in [2.05, 4.69) is 71.5 Å². The number of para-hydroxylation sites is 1. The van der Waals surface area contributed by atoms with E-state index in [1.54, 1.807) is 34.9 Å². The number of benzene rings is 3. The van der Waals surface area contributed by atoms with Crippen molar-refractivity contribution in [3.8, 4) is 0 Å². The average Bonchev–Trinajstić information content (AvgIpc) is 3.31. The maximum Gasteiger partial charge on any atom is 0.111 e. The van der Waals surface area contributed by atoms with E-state index in [4.69, 9.17) is 4.99 Å². The molecule has 29 heavy (non-hydrogen) atoms. The molecule has 0 fully saturated rings. The van der Waals surface area contributed by atoms with Gasteiger partial charge in [-0.1, -0.05) is 84.2 Å². The van der Waals surface area contributed by atoms with Gasteiger partial charge in [0.05, 0.1) is 5.69 Å². The molecule has 0 N–H and O–H groups in total. The molecular weight excluding hydrogens is 410 g/mol.